The van der Waals surface area contributed by atoms with Crippen LogP contribution in [0.5, 0.6) is 0 Å². The van der Waals surface area contributed by atoms with E-state index in [-0.39, 0.29) is 16.7 Å². The second-order valence-electron chi connectivity index (χ2n) is 7.33. The van der Waals surface area contributed by atoms with Gasteiger partial charge in [0.25, 0.3) is 5.56 Å². The van der Waals surface area contributed by atoms with Crippen LogP contribution in [0.2, 0.25) is 0 Å². The number of thiophene rings is 1. The Kier molecular flexibility index (Phi) is 6.40. The number of carbonyl (C=O) groups excluding carboxylic acids is 1. The molecule has 0 spiro atoms. The third kappa shape index (κ3) is 4.49. The third-order valence-electron chi connectivity index (χ3n) is 4.73. The minimum absolute atomic E-state index is 0.0287. The molecular formula is C19H27N3O2S2. The van der Waals surface area contributed by atoms with E-state index in [0.717, 1.165) is 35.9 Å². The molecule has 1 aliphatic carbocycles. The van der Waals surface area contributed by atoms with Crippen molar-refractivity contribution in [1.82, 2.24) is 15.3 Å². The number of fused-ring (bicyclic) bond motifs is 3. The van der Waals surface area contributed by atoms with Crippen molar-refractivity contribution in [3.8, 4) is 0 Å². The van der Waals surface area contributed by atoms with Crippen LogP contribution in [0.25, 0.3) is 10.2 Å². The lowest BCUT2D eigenvalue weighted by Crippen LogP contribution is -2.32. The maximum Gasteiger partial charge on any atom is 0.259 e. The van der Waals surface area contributed by atoms with Gasteiger partial charge in [0, 0.05) is 11.4 Å². The topological polar surface area (TPSA) is 74.8 Å². The number of nitrogens with zero attached hydrogens (tertiary/aromatic N) is 1. The smallest absolute Gasteiger partial charge is 0.259 e. The fourth-order valence-corrected chi connectivity index (χ4v) is 5.24. The Bertz CT molecular complexity index is 841. The Morgan fingerprint density at radius 2 is 2.08 bits per heavy atom. The van der Waals surface area contributed by atoms with Gasteiger partial charge in [0.05, 0.1) is 16.4 Å². The number of hydrogen-bond acceptors (Lipinski definition) is 5. The first kappa shape index (κ1) is 19.4. The molecule has 142 valence electrons. The summed E-state index contributed by atoms with van der Waals surface area (Å²) in [4.78, 5) is 34.4. The Morgan fingerprint density at radius 1 is 1.31 bits per heavy atom. The van der Waals surface area contributed by atoms with Gasteiger partial charge in [0.2, 0.25) is 5.91 Å². The number of nitrogens with one attached hydrogen (secondary N) is 2. The third-order valence-corrected chi connectivity index (χ3v) is 7.07. The molecule has 3 rings (SSSR count). The van der Waals surface area contributed by atoms with Crippen molar-refractivity contribution >= 4 is 39.2 Å². The van der Waals surface area contributed by atoms with Crippen molar-refractivity contribution < 1.29 is 4.79 Å². The van der Waals surface area contributed by atoms with Crippen LogP contribution in [0.4, 0.5) is 0 Å². The second kappa shape index (κ2) is 8.57. The molecule has 7 heteroatoms. The Balaban J connectivity index is 1.64. The van der Waals surface area contributed by atoms with Gasteiger partial charge in [-0.25, -0.2) is 4.98 Å². The lowest BCUT2D eigenvalue weighted by molar-refractivity contribution is -0.120. The quantitative estimate of drug-likeness (QED) is 0.753. The first-order valence-electron chi connectivity index (χ1n) is 9.38. The van der Waals surface area contributed by atoms with Gasteiger partial charge in [-0.1, -0.05) is 13.8 Å². The Morgan fingerprint density at radius 3 is 2.85 bits per heavy atom. The molecule has 0 aliphatic heterocycles. The molecule has 0 radical (unpaired) electrons. The molecular weight excluding hydrogens is 366 g/mol. The summed E-state index contributed by atoms with van der Waals surface area (Å²) in [5.74, 6) is 1.82. The highest BCUT2D eigenvalue weighted by Gasteiger charge is 2.20. The standard InChI is InChI=1S/C19H27N3O2S2/c1-11(2)8-9-20-17(23)12(3)25-10-15-21-18(24)16-13-6-4-5-7-14(13)26-19(16)22-15/h11-12H,4-10H2,1-3H3,(H,20,23)(H,21,22,24)/t12-/m0/s1. The molecule has 0 aromatic carbocycles. The predicted octanol–water partition coefficient (Wildman–Crippen LogP) is 3.65. The average molecular weight is 394 g/mol. The molecule has 0 fully saturated rings. The zero-order valence-electron chi connectivity index (χ0n) is 15.7. The largest absolute Gasteiger partial charge is 0.355 e. The summed E-state index contributed by atoms with van der Waals surface area (Å²) in [6, 6.07) is 0. The molecule has 0 bridgehead atoms. The fraction of sp³-hybridized carbons (Fsp3) is 0.632. The van der Waals surface area contributed by atoms with E-state index < -0.39 is 0 Å². The highest BCUT2D eigenvalue weighted by molar-refractivity contribution is 7.99. The summed E-state index contributed by atoms with van der Waals surface area (Å²) in [6.45, 7) is 6.90. The number of amides is 1. The lowest BCUT2D eigenvalue weighted by Gasteiger charge is -2.12. The first-order valence-corrected chi connectivity index (χ1v) is 11.2. The minimum atomic E-state index is -0.167. The monoisotopic (exact) mass is 393 g/mol. The summed E-state index contributed by atoms with van der Waals surface area (Å²) in [5.41, 5.74) is 1.18. The number of carbonyl (C=O) groups is 1. The molecule has 0 unspecified atom stereocenters. The molecule has 1 aliphatic rings. The van der Waals surface area contributed by atoms with Gasteiger partial charge >= 0.3 is 0 Å². The van der Waals surface area contributed by atoms with Gasteiger partial charge in [-0.2, -0.15) is 0 Å². The number of thioether (sulfide) groups is 1. The zero-order chi connectivity index (χ0) is 18.7. The van der Waals surface area contributed by atoms with Crippen LogP contribution in [-0.4, -0.2) is 27.7 Å². The second-order valence-corrected chi connectivity index (χ2v) is 9.74. The van der Waals surface area contributed by atoms with Gasteiger partial charge in [0.1, 0.15) is 10.7 Å². The van der Waals surface area contributed by atoms with Crippen LogP contribution in [-0.2, 0) is 23.4 Å². The fourth-order valence-electron chi connectivity index (χ4n) is 3.18. The van der Waals surface area contributed by atoms with Gasteiger partial charge in [0.15, 0.2) is 0 Å². The van der Waals surface area contributed by atoms with Crippen LogP contribution < -0.4 is 10.9 Å². The minimum Gasteiger partial charge on any atom is -0.355 e. The molecule has 1 amide bonds. The molecule has 2 aromatic heterocycles. The maximum atomic E-state index is 12.5. The van der Waals surface area contributed by atoms with E-state index in [2.05, 4.69) is 29.1 Å². The van der Waals surface area contributed by atoms with Crippen molar-refractivity contribution in [3.05, 3.63) is 26.6 Å². The van der Waals surface area contributed by atoms with E-state index >= 15 is 0 Å². The van der Waals surface area contributed by atoms with Gasteiger partial charge in [-0.15, -0.1) is 23.1 Å². The molecule has 1 atom stereocenters. The van der Waals surface area contributed by atoms with Crippen LogP contribution in [0.1, 0.15) is 56.3 Å². The van der Waals surface area contributed by atoms with Crippen LogP contribution in [0.3, 0.4) is 0 Å². The number of hydrogen-bond donors (Lipinski definition) is 2. The summed E-state index contributed by atoms with van der Waals surface area (Å²) in [5, 5.41) is 3.60. The molecule has 0 saturated carbocycles. The summed E-state index contributed by atoms with van der Waals surface area (Å²) >= 11 is 3.17. The molecule has 26 heavy (non-hydrogen) atoms. The van der Waals surface area contributed by atoms with Crippen molar-refractivity contribution in [2.75, 3.05) is 6.54 Å². The van der Waals surface area contributed by atoms with Gasteiger partial charge in [-0.05, 0) is 50.5 Å². The number of H-pyrrole nitrogens is 1. The average Bonchev–Trinajstić information content (AvgIpc) is 2.98. The number of aromatic amines is 1. The van der Waals surface area contributed by atoms with E-state index in [0.29, 0.717) is 24.0 Å². The van der Waals surface area contributed by atoms with Crippen LogP contribution in [0.15, 0.2) is 4.79 Å². The highest BCUT2D eigenvalue weighted by Crippen LogP contribution is 2.33. The molecule has 0 saturated heterocycles. The number of aromatic nitrogens is 2. The van der Waals surface area contributed by atoms with Crippen molar-refractivity contribution in [2.45, 2.75) is 63.9 Å². The van der Waals surface area contributed by atoms with E-state index in [1.54, 1.807) is 11.3 Å². The normalized spacial score (nSPS) is 15.2. The van der Waals surface area contributed by atoms with Gasteiger partial charge in [-0.3, -0.25) is 9.59 Å². The Labute approximate surface area is 162 Å². The van der Waals surface area contributed by atoms with Crippen LogP contribution in [0, 0.1) is 5.92 Å². The molecule has 2 aromatic rings. The SMILES string of the molecule is CC(C)CCNC(=O)[C@H](C)SCc1nc2sc3c(c2c(=O)[nH]1)CCCC3. The predicted molar refractivity (Wildman–Crippen MR) is 110 cm³/mol. The van der Waals surface area contributed by atoms with E-state index in [1.807, 2.05) is 6.92 Å². The van der Waals surface area contributed by atoms with E-state index in [4.69, 9.17) is 0 Å². The van der Waals surface area contributed by atoms with Crippen molar-refractivity contribution in [1.29, 1.82) is 0 Å². The van der Waals surface area contributed by atoms with Crippen molar-refractivity contribution in [3.63, 3.8) is 0 Å². The highest BCUT2D eigenvalue weighted by atomic mass is 32.2. The molecule has 2 heterocycles. The molecule has 2 N–H and O–H groups in total. The Hall–Kier alpha value is -1.34. The maximum absolute atomic E-state index is 12.5. The zero-order valence-corrected chi connectivity index (χ0v) is 17.3. The van der Waals surface area contributed by atoms with E-state index in [9.17, 15) is 9.59 Å². The van der Waals surface area contributed by atoms with Crippen molar-refractivity contribution in [2.24, 2.45) is 5.92 Å². The summed E-state index contributed by atoms with van der Waals surface area (Å²) < 4.78 is 0. The van der Waals surface area contributed by atoms with E-state index in [1.165, 1.54) is 28.6 Å². The van der Waals surface area contributed by atoms with Gasteiger partial charge < -0.3 is 10.3 Å². The summed E-state index contributed by atoms with van der Waals surface area (Å²) in [6.07, 6.45) is 5.39. The van der Waals surface area contributed by atoms with Crippen LogP contribution >= 0.6 is 23.1 Å². The summed E-state index contributed by atoms with van der Waals surface area (Å²) in [7, 11) is 0. The molecule has 5 nitrogen and oxygen atoms in total. The lowest BCUT2D eigenvalue weighted by atomic mass is 9.97. The number of rotatable bonds is 7. The number of aryl methyl sites for hydroxylation is 2. The first-order chi connectivity index (χ1) is 12.5.